The van der Waals surface area contributed by atoms with Gasteiger partial charge in [-0.05, 0) is 23.2 Å². The normalized spacial score (nSPS) is 22.6. The van der Waals surface area contributed by atoms with Crippen LogP contribution in [0.4, 0.5) is 0 Å². The van der Waals surface area contributed by atoms with E-state index in [0.29, 0.717) is 11.5 Å². The first-order valence-corrected chi connectivity index (χ1v) is 8.32. The Morgan fingerprint density at radius 3 is 2.68 bits per heavy atom. The van der Waals surface area contributed by atoms with E-state index in [4.69, 9.17) is 5.73 Å². The van der Waals surface area contributed by atoms with Crippen LogP contribution in [0, 0.1) is 5.41 Å². The largest absolute Gasteiger partial charge is 0.329 e. The topological polar surface area (TPSA) is 29.3 Å². The average molecular weight is 278 g/mol. The van der Waals surface area contributed by atoms with Gasteiger partial charge in [-0.15, -0.1) is 0 Å². The molecule has 1 saturated heterocycles. The maximum Gasteiger partial charge on any atom is 0.0237 e. The lowest BCUT2D eigenvalue weighted by Gasteiger charge is -2.41. The van der Waals surface area contributed by atoms with Crippen LogP contribution in [0.3, 0.4) is 0 Å². The number of benzene rings is 1. The Kier molecular flexibility index (Phi) is 5.31. The van der Waals surface area contributed by atoms with Gasteiger partial charge in [0.2, 0.25) is 0 Å². The Morgan fingerprint density at radius 1 is 1.32 bits per heavy atom. The van der Waals surface area contributed by atoms with Crippen LogP contribution in [-0.2, 0) is 6.54 Å². The van der Waals surface area contributed by atoms with Crippen LogP contribution < -0.4 is 5.73 Å². The predicted octanol–water partition coefficient (Wildman–Crippen LogP) is 2.98. The molecule has 0 amide bonds. The van der Waals surface area contributed by atoms with E-state index in [1.54, 1.807) is 0 Å². The molecule has 1 aliphatic heterocycles. The molecule has 1 aromatic carbocycles. The van der Waals surface area contributed by atoms with Crippen molar-refractivity contribution in [2.45, 2.75) is 32.9 Å². The summed E-state index contributed by atoms with van der Waals surface area (Å²) in [6.07, 6.45) is 1.28. The van der Waals surface area contributed by atoms with E-state index in [2.05, 4.69) is 60.8 Å². The molecule has 1 aliphatic rings. The third-order valence-corrected chi connectivity index (χ3v) is 5.36. The van der Waals surface area contributed by atoms with Crippen LogP contribution in [0.5, 0.6) is 0 Å². The molecule has 0 aliphatic carbocycles. The first-order valence-electron chi connectivity index (χ1n) is 7.16. The van der Waals surface area contributed by atoms with Crippen molar-refractivity contribution in [1.29, 1.82) is 0 Å². The van der Waals surface area contributed by atoms with Gasteiger partial charge in [0.05, 0.1) is 0 Å². The van der Waals surface area contributed by atoms with E-state index in [1.165, 1.54) is 23.5 Å². The summed E-state index contributed by atoms with van der Waals surface area (Å²) >= 11 is 2.09. The van der Waals surface area contributed by atoms with Crippen molar-refractivity contribution in [2.24, 2.45) is 11.1 Å². The summed E-state index contributed by atoms with van der Waals surface area (Å²) in [6.45, 7) is 7.54. The van der Waals surface area contributed by atoms with Gasteiger partial charge < -0.3 is 5.73 Å². The summed E-state index contributed by atoms with van der Waals surface area (Å²) in [7, 11) is 0. The molecular formula is C16H26N2S. The minimum absolute atomic E-state index is 0.455. The highest BCUT2D eigenvalue weighted by molar-refractivity contribution is 7.99. The van der Waals surface area contributed by atoms with E-state index < -0.39 is 0 Å². The standard InChI is InChI=1S/C16H26N2S/c1-16(2)10-15(12-19-13-16)18(9-8-17)11-14-6-4-3-5-7-14/h3-7,15H,8-13,17H2,1-2H3. The van der Waals surface area contributed by atoms with E-state index in [-0.39, 0.29) is 0 Å². The van der Waals surface area contributed by atoms with Gasteiger partial charge in [0.25, 0.3) is 0 Å². The minimum atomic E-state index is 0.455. The number of hydrogen-bond acceptors (Lipinski definition) is 3. The predicted molar refractivity (Wildman–Crippen MR) is 85.4 cm³/mol. The van der Waals surface area contributed by atoms with Crippen molar-refractivity contribution in [3.05, 3.63) is 35.9 Å². The molecule has 0 aromatic heterocycles. The fourth-order valence-corrected chi connectivity index (χ4v) is 4.22. The fourth-order valence-electron chi connectivity index (χ4n) is 2.84. The lowest BCUT2D eigenvalue weighted by atomic mass is 9.87. The zero-order valence-corrected chi connectivity index (χ0v) is 13.0. The van der Waals surface area contributed by atoms with Crippen molar-refractivity contribution >= 4 is 11.8 Å². The third-order valence-electron chi connectivity index (χ3n) is 3.75. The summed E-state index contributed by atoms with van der Waals surface area (Å²) < 4.78 is 0. The van der Waals surface area contributed by atoms with Gasteiger partial charge in [-0.25, -0.2) is 0 Å². The first-order chi connectivity index (χ1) is 9.11. The summed E-state index contributed by atoms with van der Waals surface area (Å²) in [5.41, 5.74) is 7.66. The molecule has 0 radical (unpaired) electrons. The van der Waals surface area contributed by atoms with Crippen molar-refractivity contribution in [2.75, 3.05) is 24.6 Å². The van der Waals surface area contributed by atoms with Gasteiger partial charge in [0.1, 0.15) is 0 Å². The molecule has 2 N–H and O–H groups in total. The van der Waals surface area contributed by atoms with Gasteiger partial charge in [0, 0.05) is 31.4 Å². The maximum absolute atomic E-state index is 5.81. The van der Waals surface area contributed by atoms with Gasteiger partial charge in [-0.1, -0.05) is 44.2 Å². The molecule has 0 bridgehead atoms. The Bertz CT molecular complexity index is 378. The maximum atomic E-state index is 5.81. The van der Waals surface area contributed by atoms with Gasteiger partial charge in [0.15, 0.2) is 0 Å². The summed E-state index contributed by atoms with van der Waals surface area (Å²) in [6, 6.07) is 11.4. The number of hydrogen-bond donors (Lipinski definition) is 1. The highest BCUT2D eigenvalue weighted by atomic mass is 32.2. The van der Waals surface area contributed by atoms with Crippen LogP contribution in [0.25, 0.3) is 0 Å². The van der Waals surface area contributed by atoms with Gasteiger partial charge in [-0.2, -0.15) is 11.8 Å². The van der Waals surface area contributed by atoms with E-state index in [1.807, 2.05) is 0 Å². The zero-order valence-electron chi connectivity index (χ0n) is 12.1. The number of nitrogens with zero attached hydrogens (tertiary/aromatic N) is 1. The molecule has 2 rings (SSSR count). The second-order valence-corrected chi connectivity index (χ2v) is 7.31. The summed E-state index contributed by atoms with van der Waals surface area (Å²) in [5.74, 6) is 2.53. The molecule has 2 nitrogen and oxygen atoms in total. The number of rotatable bonds is 5. The molecule has 19 heavy (non-hydrogen) atoms. The Balaban J connectivity index is 2.03. The molecule has 0 saturated carbocycles. The Hall–Kier alpha value is -0.510. The quantitative estimate of drug-likeness (QED) is 0.898. The lowest BCUT2D eigenvalue weighted by molar-refractivity contribution is 0.156. The molecule has 106 valence electrons. The molecule has 1 fully saturated rings. The molecule has 3 heteroatoms. The van der Waals surface area contributed by atoms with Gasteiger partial charge in [-0.3, -0.25) is 4.90 Å². The Labute approximate surface area is 121 Å². The van der Waals surface area contributed by atoms with Crippen molar-refractivity contribution in [1.82, 2.24) is 4.90 Å². The lowest BCUT2D eigenvalue weighted by Crippen LogP contribution is -2.45. The smallest absolute Gasteiger partial charge is 0.0237 e. The highest BCUT2D eigenvalue weighted by Crippen LogP contribution is 2.35. The molecule has 1 heterocycles. The SMILES string of the molecule is CC1(C)CSCC(N(CCN)Cc2ccccc2)C1. The molecule has 0 spiro atoms. The number of nitrogens with two attached hydrogens (primary N) is 1. The van der Waals surface area contributed by atoms with Crippen molar-refractivity contribution < 1.29 is 0 Å². The molecule has 1 atom stereocenters. The number of thioether (sulfide) groups is 1. The minimum Gasteiger partial charge on any atom is -0.329 e. The highest BCUT2D eigenvalue weighted by Gasteiger charge is 2.31. The van der Waals surface area contributed by atoms with E-state index in [0.717, 1.165) is 19.6 Å². The van der Waals surface area contributed by atoms with E-state index in [9.17, 15) is 0 Å². The fraction of sp³-hybridized carbons (Fsp3) is 0.625. The Morgan fingerprint density at radius 2 is 2.05 bits per heavy atom. The average Bonchev–Trinajstić information content (AvgIpc) is 2.38. The first kappa shape index (κ1) is 14.9. The monoisotopic (exact) mass is 278 g/mol. The second-order valence-electron chi connectivity index (χ2n) is 6.28. The van der Waals surface area contributed by atoms with Gasteiger partial charge >= 0.3 is 0 Å². The van der Waals surface area contributed by atoms with Crippen molar-refractivity contribution in [3.63, 3.8) is 0 Å². The van der Waals surface area contributed by atoms with Crippen LogP contribution in [0.15, 0.2) is 30.3 Å². The summed E-state index contributed by atoms with van der Waals surface area (Å²) in [4.78, 5) is 2.57. The van der Waals surface area contributed by atoms with Crippen LogP contribution >= 0.6 is 11.8 Å². The molecule has 1 aromatic rings. The van der Waals surface area contributed by atoms with Crippen molar-refractivity contribution in [3.8, 4) is 0 Å². The third kappa shape index (κ3) is 4.51. The van der Waals surface area contributed by atoms with Crippen LogP contribution in [0.1, 0.15) is 25.8 Å². The van der Waals surface area contributed by atoms with Crippen LogP contribution in [-0.4, -0.2) is 35.5 Å². The summed E-state index contributed by atoms with van der Waals surface area (Å²) in [5, 5.41) is 0. The molecular weight excluding hydrogens is 252 g/mol. The van der Waals surface area contributed by atoms with Crippen LogP contribution in [0.2, 0.25) is 0 Å². The molecule has 1 unspecified atom stereocenters. The zero-order chi connectivity index (χ0) is 13.7. The second kappa shape index (κ2) is 6.78. The van der Waals surface area contributed by atoms with E-state index >= 15 is 0 Å².